The quantitative estimate of drug-likeness (QED) is 0.0655. The topological polar surface area (TPSA) is 68.3 Å². The Labute approximate surface area is 559 Å². The molecule has 10 nitrogen and oxygen atoms in total. The maximum atomic E-state index is 5.84. The highest BCUT2D eigenvalue weighted by Crippen LogP contribution is 2.48. The van der Waals surface area contributed by atoms with Crippen molar-refractivity contribution in [2.75, 3.05) is 62.3 Å². The van der Waals surface area contributed by atoms with Crippen LogP contribution in [0.15, 0.2) is 291 Å². The fourth-order valence-corrected chi connectivity index (χ4v) is 13.7. The van der Waals surface area contributed by atoms with E-state index < -0.39 is 0 Å². The van der Waals surface area contributed by atoms with Crippen molar-refractivity contribution in [2.45, 2.75) is 50.9 Å². The maximum absolute atomic E-state index is 5.84. The van der Waals surface area contributed by atoms with Gasteiger partial charge in [0.05, 0.1) is 48.4 Å². The molecule has 0 bridgehead atoms. The van der Waals surface area contributed by atoms with Gasteiger partial charge in [-0.05, 0) is 259 Å². The molecule has 10 heteroatoms. The summed E-state index contributed by atoms with van der Waals surface area (Å²) < 4.78 is 33.5. The van der Waals surface area contributed by atoms with Crippen molar-refractivity contribution in [2.24, 2.45) is 5.92 Å². The highest BCUT2D eigenvalue weighted by molar-refractivity contribution is 5.83. The van der Waals surface area contributed by atoms with E-state index in [4.69, 9.17) is 28.4 Å². The van der Waals surface area contributed by atoms with E-state index in [-0.39, 0.29) is 11.3 Å². The third-order valence-electron chi connectivity index (χ3n) is 18.8. The minimum Gasteiger partial charge on any atom is -0.501 e. The van der Waals surface area contributed by atoms with E-state index in [0.717, 1.165) is 139 Å². The van der Waals surface area contributed by atoms with Crippen LogP contribution in [0.4, 0.5) is 62.6 Å². The third kappa shape index (κ3) is 13.3. The molecule has 0 radical (unpaired) electrons. The smallest absolute Gasteiger partial charge is 0.119 e. The van der Waals surface area contributed by atoms with Crippen LogP contribution in [-0.2, 0) is 10.2 Å². The molecule has 1 saturated carbocycles. The summed E-state index contributed by atoms with van der Waals surface area (Å²) in [4.78, 5) is 9.25. The number of rotatable bonds is 22. The molecule has 11 aromatic carbocycles. The van der Waals surface area contributed by atoms with Crippen LogP contribution < -0.4 is 43.3 Å². The molecule has 2 aliphatic carbocycles. The highest BCUT2D eigenvalue weighted by Gasteiger charge is 2.36. The predicted octanol–water partition coefficient (Wildman–Crippen LogP) is 22.3. The Bertz CT molecular complexity index is 4280. The molecule has 1 unspecified atom stereocenters. The number of methoxy groups -OCH3 is 6. The Morgan fingerprint density at radius 1 is 0.263 bits per heavy atom. The molecule has 0 aromatic heterocycles. The van der Waals surface area contributed by atoms with Crippen molar-refractivity contribution in [1.29, 1.82) is 0 Å². The van der Waals surface area contributed by atoms with Crippen LogP contribution in [0.2, 0.25) is 0 Å². The number of hydrogen-bond acceptors (Lipinski definition) is 10. The van der Waals surface area contributed by atoms with Crippen molar-refractivity contribution in [3.05, 3.63) is 302 Å². The molecule has 0 spiro atoms. The van der Waals surface area contributed by atoms with Crippen LogP contribution in [0.1, 0.15) is 56.6 Å². The van der Waals surface area contributed by atoms with Crippen LogP contribution in [0, 0.1) is 5.92 Å². The molecule has 0 saturated heterocycles. The largest absolute Gasteiger partial charge is 0.501 e. The lowest BCUT2D eigenvalue weighted by Gasteiger charge is -2.39. The summed E-state index contributed by atoms with van der Waals surface area (Å²) in [6, 6.07) is 95.3. The molecule has 0 amide bonds. The van der Waals surface area contributed by atoms with Gasteiger partial charge in [0.15, 0.2) is 0 Å². The number of ether oxygens (including phenoxy) is 6. The van der Waals surface area contributed by atoms with Gasteiger partial charge in [0.25, 0.3) is 0 Å². The van der Waals surface area contributed by atoms with Crippen LogP contribution >= 0.6 is 0 Å². The van der Waals surface area contributed by atoms with E-state index in [1.54, 1.807) is 42.7 Å². The lowest BCUT2D eigenvalue weighted by atomic mass is 9.65. The molecule has 95 heavy (non-hydrogen) atoms. The fraction of sp³-hybridized carbons (Fsp3) is 0.176. The van der Waals surface area contributed by atoms with Crippen molar-refractivity contribution in [3.63, 3.8) is 0 Å². The number of hydrogen-bond donors (Lipinski definition) is 0. The Kier molecular flexibility index (Phi) is 18.7. The first kappa shape index (κ1) is 62.7. The zero-order valence-corrected chi connectivity index (χ0v) is 55.1. The van der Waals surface area contributed by atoms with Gasteiger partial charge >= 0.3 is 0 Å². The van der Waals surface area contributed by atoms with Crippen molar-refractivity contribution in [3.8, 4) is 51.0 Å². The summed E-state index contributed by atoms with van der Waals surface area (Å²) >= 11 is 0. The molecule has 1 fully saturated rings. The zero-order valence-electron chi connectivity index (χ0n) is 55.1. The van der Waals surface area contributed by atoms with Crippen LogP contribution in [-0.4, -0.2) is 42.7 Å². The van der Waals surface area contributed by atoms with Gasteiger partial charge in [0.2, 0.25) is 0 Å². The first-order chi connectivity index (χ1) is 46.6. The number of nitrogens with zero attached hydrogens (tertiary/aromatic N) is 4. The lowest BCUT2D eigenvalue weighted by Crippen LogP contribution is -2.30. The summed E-state index contributed by atoms with van der Waals surface area (Å²) in [5.74, 6) is 5.27. The van der Waals surface area contributed by atoms with Gasteiger partial charge in [-0.2, -0.15) is 0 Å². The predicted molar refractivity (Wildman–Crippen MR) is 390 cm³/mol. The SMILES string of the molecule is COC1=CC=C(N(c2ccc(-c3ccc(N(c4ccc(OC)cc4)c4ccc(OC)cc4)cc3)cc2)c2ccc(C3(c4ccc(N(c5ccc(OC)cc5)c5ccc(-c6ccc(N(c7ccc(OC)cc7)c7ccc(OC)cc7)cc6)cc5)cc4)CCCCC3)cc2)CC1C. The summed E-state index contributed by atoms with van der Waals surface area (Å²) in [5.41, 5.74) is 19.8. The zero-order chi connectivity index (χ0) is 65.3. The number of anilines is 11. The van der Waals surface area contributed by atoms with E-state index in [2.05, 4.69) is 245 Å². The first-order valence-corrected chi connectivity index (χ1v) is 32.6. The molecule has 0 N–H and O–H groups in total. The van der Waals surface area contributed by atoms with Gasteiger partial charge in [-0.15, -0.1) is 0 Å². The van der Waals surface area contributed by atoms with E-state index in [1.165, 1.54) is 36.1 Å². The van der Waals surface area contributed by atoms with Gasteiger partial charge in [-0.3, -0.25) is 0 Å². The van der Waals surface area contributed by atoms with Crippen LogP contribution in [0.25, 0.3) is 22.3 Å². The minimum atomic E-state index is -0.144. The molecular weight excluding hydrogens is 1170 g/mol. The molecule has 2 aliphatic rings. The third-order valence-corrected chi connectivity index (χ3v) is 18.8. The first-order valence-electron chi connectivity index (χ1n) is 32.6. The highest BCUT2D eigenvalue weighted by atomic mass is 16.5. The van der Waals surface area contributed by atoms with E-state index in [0.29, 0.717) is 0 Å². The molecule has 11 aromatic rings. The summed E-state index contributed by atoms with van der Waals surface area (Å²) in [6.45, 7) is 2.25. The van der Waals surface area contributed by atoms with Gasteiger partial charge in [0.1, 0.15) is 28.7 Å². The average molecular weight is 1250 g/mol. The normalized spacial score (nSPS) is 14.1. The summed E-state index contributed by atoms with van der Waals surface area (Å²) in [6.07, 6.45) is 10.9. The standard InChI is InChI=1S/C85H80N4O6/c1-60-59-78(45-56-84(60)95-7)89(70-29-17-64(18-30-70)63-15-27-69(28-16-63)88(76-41-52-82(93-5)53-42-76)77-43-54-83(94-6)55-44-77)72-33-21-66(22-34-72)85(57-9-8-10-58-85)65-19-31-71(32-20-65)86(73-35-46-79(90-2)47-36-73)67-23-11-61(12-24-67)62-13-25-68(26-14-62)87(74-37-48-80(91-3)49-38-74)75-39-50-81(92-4)51-40-75/h11-56,60H,8-10,57-59H2,1-7H3. The Morgan fingerprint density at radius 2 is 0.495 bits per heavy atom. The fourth-order valence-electron chi connectivity index (χ4n) is 13.7. The molecule has 0 aliphatic heterocycles. The number of benzene rings is 11. The Balaban J connectivity index is 0.774. The molecule has 0 heterocycles. The van der Waals surface area contributed by atoms with Gasteiger partial charge in [0, 0.05) is 79.6 Å². The van der Waals surface area contributed by atoms with Gasteiger partial charge in [-0.1, -0.05) is 99.0 Å². The molecular formula is C85H80N4O6. The molecule has 476 valence electrons. The van der Waals surface area contributed by atoms with Gasteiger partial charge < -0.3 is 48.0 Å². The van der Waals surface area contributed by atoms with Crippen molar-refractivity contribution in [1.82, 2.24) is 0 Å². The second-order valence-electron chi connectivity index (χ2n) is 24.3. The Morgan fingerprint density at radius 3 is 0.726 bits per heavy atom. The van der Waals surface area contributed by atoms with E-state index in [9.17, 15) is 0 Å². The summed E-state index contributed by atoms with van der Waals surface area (Å²) in [7, 11) is 10.2. The lowest BCUT2D eigenvalue weighted by molar-refractivity contribution is 0.244. The van der Waals surface area contributed by atoms with Gasteiger partial charge in [-0.25, -0.2) is 0 Å². The summed E-state index contributed by atoms with van der Waals surface area (Å²) in [5, 5.41) is 0. The van der Waals surface area contributed by atoms with Crippen LogP contribution in [0.5, 0.6) is 28.7 Å². The minimum absolute atomic E-state index is 0.144. The van der Waals surface area contributed by atoms with Crippen LogP contribution in [0.3, 0.4) is 0 Å². The maximum Gasteiger partial charge on any atom is 0.119 e. The van der Waals surface area contributed by atoms with E-state index >= 15 is 0 Å². The second-order valence-corrected chi connectivity index (χ2v) is 24.3. The number of allylic oxidation sites excluding steroid dienone is 4. The molecule has 13 rings (SSSR count). The Hall–Kier alpha value is -11.1. The monoisotopic (exact) mass is 1250 g/mol. The van der Waals surface area contributed by atoms with Crippen molar-refractivity contribution < 1.29 is 28.4 Å². The average Bonchev–Trinajstić information content (AvgIpc) is 0.812. The second kappa shape index (κ2) is 28.4. The van der Waals surface area contributed by atoms with Crippen molar-refractivity contribution >= 4 is 62.6 Å². The molecule has 1 atom stereocenters. The van der Waals surface area contributed by atoms with E-state index in [1.807, 2.05) is 60.7 Å².